The molecule has 1 unspecified atom stereocenters. The number of amides is 2. The maximum absolute atomic E-state index is 12.6. The summed E-state index contributed by atoms with van der Waals surface area (Å²) in [6.07, 6.45) is -0.250. The number of aliphatic hydroxyl groups excluding tert-OH is 1. The van der Waals surface area contributed by atoms with Crippen molar-refractivity contribution in [2.75, 3.05) is 5.32 Å². The second-order valence-corrected chi connectivity index (χ2v) is 8.89. The summed E-state index contributed by atoms with van der Waals surface area (Å²) in [5, 5.41) is 19.2. The first kappa shape index (κ1) is 19.5. The van der Waals surface area contributed by atoms with Crippen LogP contribution in [0.2, 0.25) is 0 Å². The van der Waals surface area contributed by atoms with Crippen LogP contribution in [-0.4, -0.2) is 32.7 Å². The number of primary amides is 1. The van der Waals surface area contributed by atoms with Crippen molar-refractivity contribution in [1.29, 1.82) is 0 Å². The lowest BCUT2D eigenvalue weighted by Crippen LogP contribution is -2.42. The lowest BCUT2D eigenvalue weighted by Gasteiger charge is -2.41. The first-order valence-electron chi connectivity index (χ1n) is 8.62. The summed E-state index contributed by atoms with van der Waals surface area (Å²) in [5.74, 6) is -1.08. The van der Waals surface area contributed by atoms with Gasteiger partial charge in [-0.1, -0.05) is 0 Å². The number of carbonyl (C=O) groups excluding carboxylic acids is 2. The fraction of sp³-hybridized carbons (Fsp3) is 0.500. The van der Waals surface area contributed by atoms with Gasteiger partial charge in [0.05, 0.1) is 28.6 Å². The summed E-state index contributed by atoms with van der Waals surface area (Å²) >= 11 is 1.29. The molecule has 0 spiro atoms. The molecule has 0 saturated heterocycles. The Hall–Kier alpha value is -2.23. The second kappa shape index (κ2) is 6.43. The van der Waals surface area contributed by atoms with Crippen LogP contribution in [-0.2, 0) is 16.8 Å². The number of nitrogens with zero attached hydrogens (tertiary/aromatic N) is 1. The van der Waals surface area contributed by atoms with Gasteiger partial charge in [0.25, 0.3) is 11.8 Å². The third kappa shape index (κ3) is 3.62. The minimum absolute atomic E-state index is 0.114. The number of nitrogens with two attached hydrogens (primary N) is 1. The summed E-state index contributed by atoms with van der Waals surface area (Å²) in [6.45, 7) is 9.35. The zero-order valence-corrected chi connectivity index (χ0v) is 16.8. The molecule has 0 fully saturated rings. The molecular weight excluding hydrogens is 368 g/mol. The Labute approximate surface area is 161 Å². The number of rotatable bonds is 4. The molecule has 1 aliphatic heterocycles. The number of carbonyl (C=O) groups is 2. The standard InChI is InChI=1S/C18H24N4O4S/c1-8(23)10-6-11(22-21-10)15(25)20-16-12(14(19)24)9-7-17(2,3)26-18(4,5)13(9)27-16/h6,8,23H,7H2,1-5H3,(H2,19,24)(H,20,25)(H,21,22). The SMILES string of the molecule is CC(O)c1cc(C(=O)Nc2sc3c(c2C(N)=O)CC(C)(C)OC3(C)C)n[nH]1. The molecule has 2 aromatic rings. The number of hydrogen-bond donors (Lipinski definition) is 4. The molecule has 1 atom stereocenters. The monoisotopic (exact) mass is 392 g/mol. The minimum Gasteiger partial charge on any atom is -0.387 e. The van der Waals surface area contributed by atoms with Crippen LogP contribution in [0.1, 0.15) is 77.7 Å². The van der Waals surface area contributed by atoms with E-state index in [1.165, 1.54) is 17.4 Å². The Balaban J connectivity index is 2.00. The van der Waals surface area contributed by atoms with Gasteiger partial charge in [-0.15, -0.1) is 11.3 Å². The summed E-state index contributed by atoms with van der Waals surface area (Å²) < 4.78 is 6.16. The maximum atomic E-state index is 12.6. The lowest BCUT2D eigenvalue weighted by molar-refractivity contribution is -0.135. The molecular formula is C18H24N4O4S. The van der Waals surface area contributed by atoms with E-state index < -0.39 is 29.1 Å². The van der Waals surface area contributed by atoms with Gasteiger partial charge in [0.15, 0.2) is 5.69 Å². The average molecular weight is 392 g/mol. The largest absolute Gasteiger partial charge is 0.387 e. The first-order chi connectivity index (χ1) is 12.4. The van der Waals surface area contributed by atoms with E-state index >= 15 is 0 Å². The fourth-order valence-corrected chi connectivity index (χ4v) is 4.76. The van der Waals surface area contributed by atoms with Crippen molar-refractivity contribution in [3.63, 3.8) is 0 Å². The zero-order chi connectivity index (χ0) is 20.1. The molecule has 1 aliphatic rings. The van der Waals surface area contributed by atoms with E-state index in [9.17, 15) is 14.7 Å². The molecule has 27 heavy (non-hydrogen) atoms. The maximum Gasteiger partial charge on any atom is 0.276 e. The van der Waals surface area contributed by atoms with Gasteiger partial charge in [0, 0.05) is 11.3 Å². The number of aliphatic hydroxyl groups is 1. The lowest BCUT2D eigenvalue weighted by atomic mass is 9.86. The van der Waals surface area contributed by atoms with Crippen LogP contribution in [0.3, 0.4) is 0 Å². The summed E-state index contributed by atoms with van der Waals surface area (Å²) in [7, 11) is 0. The Kier molecular flexibility index (Phi) is 4.65. The number of anilines is 1. The highest BCUT2D eigenvalue weighted by Gasteiger charge is 2.43. The zero-order valence-electron chi connectivity index (χ0n) is 16.0. The molecule has 0 aromatic carbocycles. The van der Waals surface area contributed by atoms with Crippen molar-refractivity contribution in [2.45, 2.75) is 58.3 Å². The molecule has 146 valence electrons. The molecule has 0 radical (unpaired) electrons. The van der Waals surface area contributed by atoms with E-state index in [1.807, 2.05) is 27.7 Å². The van der Waals surface area contributed by atoms with Crippen LogP contribution in [0, 0.1) is 0 Å². The Morgan fingerprint density at radius 2 is 2.07 bits per heavy atom. The smallest absolute Gasteiger partial charge is 0.276 e. The van der Waals surface area contributed by atoms with Gasteiger partial charge in [-0.25, -0.2) is 0 Å². The van der Waals surface area contributed by atoms with Crippen molar-refractivity contribution in [3.05, 3.63) is 33.5 Å². The normalized spacial score (nSPS) is 18.6. The number of thiophene rings is 1. The third-order valence-electron chi connectivity index (χ3n) is 4.44. The molecule has 3 rings (SSSR count). The molecule has 2 aromatic heterocycles. The molecule has 0 saturated carbocycles. The van der Waals surface area contributed by atoms with E-state index in [2.05, 4.69) is 15.5 Å². The number of nitrogens with one attached hydrogen (secondary N) is 2. The number of aromatic nitrogens is 2. The second-order valence-electron chi connectivity index (χ2n) is 7.87. The van der Waals surface area contributed by atoms with Crippen LogP contribution in [0.4, 0.5) is 5.00 Å². The average Bonchev–Trinajstić information content (AvgIpc) is 3.10. The molecule has 0 aliphatic carbocycles. The third-order valence-corrected chi connectivity index (χ3v) is 5.89. The highest BCUT2D eigenvalue weighted by atomic mass is 32.1. The molecule has 0 bridgehead atoms. The van der Waals surface area contributed by atoms with Gasteiger partial charge < -0.3 is 20.9 Å². The molecule has 8 nitrogen and oxygen atoms in total. The molecule has 3 heterocycles. The Morgan fingerprint density at radius 3 is 2.63 bits per heavy atom. The van der Waals surface area contributed by atoms with Gasteiger partial charge in [-0.3, -0.25) is 14.7 Å². The van der Waals surface area contributed by atoms with Gasteiger partial charge in [-0.05, 0) is 46.2 Å². The minimum atomic E-state index is -0.769. The number of ether oxygens (including phenoxy) is 1. The van der Waals surface area contributed by atoms with Crippen LogP contribution < -0.4 is 11.1 Å². The van der Waals surface area contributed by atoms with Crippen molar-refractivity contribution in [3.8, 4) is 0 Å². The van der Waals surface area contributed by atoms with Crippen molar-refractivity contribution in [2.24, 2.45) is 5.73 Å². The van der Waals surface area contributed by atoms with Crippen LogP contribution >= 0.6 is 11.3 Å². The molecule has 5 N–H and O–H groups in total. The predicted octanol–water partition coefficient (Wildman–Crippen LogP) is 2.46. The molecule has 9 heteroatoms. The Bertz CT molecular complexity index is 911. The number of hydrogen-bond acceptors (Lipinski definition) is 6. The van der Waals surface area contributed by atoms with E-state index in [0.717, 1.165) is 10.4 Å². The summed E-state index contributed by atoms with van der Waals surface area (Å²) in [6, 6.07) is 1.47. The first-order valence-corrected chi connectivity index (χ1v) is 9.44. The van der Waals surface area contributed by atoms with Crippen LogP contribution in [0.25, 0.3) is 0 Å². The Morgan fingerprint density at radius 1 is 1.41 bits per heavy atom. The van der Waals surface area contributed by atoms with E-state index in [0.29, 0.717) is 22.7 Å². The van der Waals surface area contributed by atoms with E-state index in [1.54, 1.807) is 6.92 Å². The van der Waals surface area contributed by atoms with Gasteiger partial charge in [-0.2, -0.15) is 5.10 Å². The van der Waals surface area contributed by atoms with E-state index in [-0.39, 0.29) is 5.69 Å². The number of aromatic amines is 1. The van der Waals surface area contributed by atoms with Crippen LogP contribution in [0.5, 0.6) is 0 Å². The van der Waals surface area contributed by atoms with Crippen molar-refractivity contribution in [1.82, 2.24) is 10.2 Å². The van der Waals surface area contributed by atoms with Crippen molar-refractivity contribution >= 4 is 28.2 Å². The van der Waals surface area contributed by atoms with Crippen molar-refractivity contribution < 1.29 is 19.4 Å². The van der Waals surface area contributed by atoms with Gasteiger partial charge >= 0.3 is 0 Å². The molecule has 2 amide bonds. The summed E-state index contributed by atoms with van der Waals surface area (Å²) in [4.78, 5) is 25.6. The van der Waals surface area contributed by atoms with Crippen LogP contribution in [0.15, 0.2) is 6.07 Å². The number of fused-ring (bicyclic) bond motifs is 1. The predicted molar refractivity (Wildman–Crippen MR) is 102 cm³/mol. The quantitative estimate of drug-likeness (QED) is 0.635. The van der Waals surface area contributed by atoms with Gasteiger partial charge in [0.1, 0.15) is 5.00 Å². The highest BCUT2D eigenvalue weighted by molar-refractivity contribution is 7.17. The summed E-state index contributed by atoms with van der Waals surface area (Å²) in [5.41, 5.74) is 6.24. The van der Waals surface area contributed by atoms with Gasteiger partial charge in [0.2, 0.25) is 0 Å². The van der Waals surface area contributed by atoms with E-state index in [4.69, 9.17) is 10.5 Å². The highest BCUT2D eigenvalue weighted by Crippen LogP contribution is 2.48. The number of H-pyrrole nitrogens is 1. The topological polar surface area (TPSA) is 130 Å². The fourth-order valence-electron chi connectivity index (χ4n) is 3.50.